The zero-order valence-corrected chi connectivity index (χ0v) is 17.6. The van der Waals surface area contributed by atoms with Gasteiger partial charge in [-0.3, -0.25) is 4.79 Å². The first-order valence-corrected chi connectivity index (χ1v) is 10.0. The molecule has 0 radical (unpaired) electrons. The van der Waals surface area contributed by atoms with Crippen molar-refractivity contribution in [2.75, 3.05) is 23.8 Å². The molecule has 1 aliphatic heterocycles. The fourth-order valence-electron chi connectivity index (χ4n) is 3.29. The van der Waals surface area contributed by atoms with E-state index in [1.54, 1.807) is 12.1 Å². The summed E-state index contributed by atoms with van der Waals surface area (Å²) >= 11 is 1.96. The van der Waals surface area contributed by atoms with Gasteiger partial charge in [0.05, 0.1) is 60.0 Å². The van der Waals surface area contributed by atoms with Crippen LogP contribution in [-0.2, 0) is 6.61 Å². The zero-order valence-electron chi connectivity index (χ0n) is 15.5. The summed E-state index contributed by atoms with van der Waals surface area (Å²) in [5.41, 5.74) is 1.99. The summed E-state index contributed by atoms with van der Waals surface area (Å²) in [4.78, 5) is 14.6. The molecule has 0 saturated carbocycles. The van der Waals surface area contributed by atoms with Gasteiger partial charge in [-0.1, -0.05) is 30.3 Å². The van der Waals surface area contributed by atoms with Crippen molar-refractivity contribution >= 4 is 34.5 Å². The monoisotopic (exact) mass is 498 g/mol. The molecule has 3 rings (SSSR count). The van der Waals surface area contributed by atoms with E-state index in [-0.39, 0.29) is 19.1 Å². The molecule has 0 aromatic heterocycles. The molecule has 7 nitrogen and oxygen atoms in total. The van der Waals surface area contributed by atoms with Crippen molar-refractivity contribution < 1.29 is 24.5 Å². The first-order valence-electron chi connectivity index (χ1n) is 8.92. The second-order valence-electron chi connectivity index (χ2n) is 6.60. The number of hydrogen-bond donors (Lipinski definition) is 3. The Bertz CT molecular complexity index is 818. The van der Waals surface area contributed by atoms with Crippen LogP contribution in [0.15, 0.2) is 42.5 Å². The summed E-state index contributed by atoms with van der Waals surface area (Å²) in [5.74, 6) is 0.680. The van der Waals surface area contributed by atoms with E-state index in [0.29, 0.717) is 35.8 Å². The quantitative estimate of drug-likeness (QED) is 0.402. The molecule has 0 spiro atoms. The van der Waals surface area contributed by atoms with E-state index in [4.69, 9.17) is 9.47 Å². The molecule has 2 aromatic carbocycles. The number of nitrogens with zero attached hydrogens (tertiary/aromatic N) is 1. The second kappa shape index (κ2) is 9.44. The van der Waals surface area contributed by atoms with E-state index in [1.807, 2.05) is 53.2 Å². The van der Waals surface area contributed by atoms with Crippen LogP contribution < -0.4 is 13.0 Å². The maximum Gasteiger partial charge on any atom is 0.256 e. The first-order chi connectivity index (χ1) is 13.6. The number of carbonyl (C=O) groups excluding carboxylic acids is 1. The summed E-state index contributed by atoms with van der Waals surface area (Å²) in [7, 11) is 1.52. The molecular formula is C20H23IN2O5. The van der Waals surface area contributed by atoms with Crippen molar-refractivity contribution in [3.63, 3.8) is 0 Å². The number of rotatable bonds is 7. The van der Waals surface area contributed by atoms with Gasteiger partial charge in [-0.05, 0) is 18.1 Å². The third-order valence-corrected chi connectivity index (χ3v) is 5.32. The minimum absolute atomic E-state index is 0.189. The van der Waals surface area contributed by atoms with Crippen LogP contribution in [0.1, 0.15) is 22.3 Å². The van der Waals surface area contributed by atoms with Gasteiger partial charge in [0.15, 0.2) is 11.5 Å². The summed E-state index contributed by atoms with van der Waals surface area (Å²) in [6, 6.07) is 12.7. The highest BCUT2D eigenvalue weighted by Gasteiger charge is 2.35. The molecule has 2 aromatic rings. The van der Waals surface area contributed by atoms with Crippen LogP contribution in [0, 0.1) is 0 Å². The molecule has 0 unspecified atom stereocenters. The molecule has 8 heteroatoms. The van der Waals surface area contributed by atoms with Crippen LogP contribution in [0.25, 0.3) is 0 Å². The van der Waals surface area contributed by atoms with Gasteiger partial charge in [-0.15, -0.1) is 0 Å². The largest absolute Gasteiger partial charge is 0.493 e. The van der Waals surface area contributed by atoms with E-state index in [9.17, 15) is 15.0 Å². The van der Waals surface area contributed by atoms with E-state index in [2.05, 4.69) is 3.53 Å². The highest BCUT2D eigenvalue weighted by Crippen LogP contribution is 2.36. The third kappa shape index (κ3) is 4.50. The Kier molecular flexibility index (Phi) is 6.97. The van der Waals surface area contributed by atoms with Crippen molar-refractivity contribution in [1.29, 1.82) is 0 Å². The van der Waals surface area contributed by atoms with Crippen LogP contribution in [0.4, 0.5) is 5.69 Å². The Balaban J connectivity index is 1.87. The standard InChI is InChI=1S/C20H23IN2O5/c1-27-18-8-16(20(26)23-10-15(25)7-14(23)11-24)17(22-21)9-19(18)28-12-13-5-3-2-4-6-13/h2-6,8-9,14-15,22,24-25H,7,10-12H2,1H3/t14-,15+/m0/s1. The summed E-state index contributed by atoms with van der Waals surface area (Å²) in [6.45, 7) is 0.376. The third-order valence-electron chi connectivity index (χ3n) is 4.74. The van der Waals surface area contributed by atoms with Crippen LogP contribution in [0.5, 0.6) is 11.5 Å². The topological polar surface area (TPSA) is 91.3 Å². The number of amides is 1. The van der Waals surface area contributed by atoms with Crippen LogP contribution in [-0.4, -0.2) is 53.4 Å². The van der Waals surface area contributed by atoms with Crippen molar-refractivity contribution in [2.24, 2.45) is 0 Å². The molecule has 1 amide bonds. The Morgan fingerprint density at radius 3 is 2.68 bits per heavy atom. The lowest BCUT2D eigenvalue weighted by Crippen LogP contribution is -2.38. The van der Waals surface area contributed by atoms with Crippen molar-refractivity contribution in [3.05, 3.63) is 53.6 Å². The Labute approximate surface area is 177 Å². The highest BCUT2D eigenvalue weighted by molar-refractivity contribution is 14.1. The van der Waals surface area contributed by atoms with Gasteiger partial charge in [-0.25, -0.2) is 0 Å². The van der Waals surface area contributed by atoms with Gasteiger partial charge < -0.3 is 28.1 Å². The number of ether oxygens (including phenoxy) is 2. The number of carbonyl (C=O) groups is 1. The molecule has 2 atom stereocenters. The first kappa shape index (κ1) is 20.7. The number of methoxy groups -OCH3 is 1. The molecule has 0 bridgehead atoms. The van der Waals surface area contributed by atoms with E-state index >= 15 is 0 Å². The normalized spacial score (nSPS) is 18.8. The average molecular weight is 498 g/mol. The predicted octanol–water partition coefficient (Wildman–Crippen LogP) is 2.60. The number of likely N-dealkylation sites (tertiary alicyclic amines) is 1. The molecule has 1 heterocycles. The van der Waals surface area contributed by atoms with Gasteiger partial charge >= 0.3 is 0 Å². The zero-order chi connectivity index (χ0) is 20.1. The Morgan fingerprint density at radius 2 is 2.04 bits per heavy atom. The minimum atomic E-state index is -0.632. The predicted molar refractivity (Wildman–Crippen MR) is 114 cm³/mol. The number of hydrogen-bond acceptors (Lipinski definition) is 6. The molecular weight excluding hydrogens is 475 g/mol. The number of aliphatic hydroxyl groups excluding tert-OH is 2. The van der Waals surface area contributed by atoms with Gasteiger partial charge in [0.2, 0.25) is 0 Å². The molecule has 1 aliphatic rings. The van der Waals surface area contributed by atoms with Crippen LogP contribution >= 0.6 is 22.9 Å². The van der Waals surface area contributed by atoms with E-state index in [0.717, 1.165) is 5.56 Å². The molecule has 1 saturated heterocycles. The van der Waals surface area contributed by atoms with Gasteiger partial charge in [0, 0.05) is 12.6 Å². The molecule has 3 N–H and O–H groups in total. The average Bonchev–Trinajstić information content (AvgIpc) is 3.12. The lowest BCUT2D eigenvalue weighted by atomic mass is 10.1. The fourth-order valence-corrected chi connectivity index (χ4v) is 3.74. The molecule has 1 fully saturated rings. The highest BCUT2D eigenvalue weighted by atomic mass is 127. The van der Waals surface area contributed by atoms with Crippen LogP contribution in [0.2, 0.25) is 0 Å². The smallest absolute Gasteiger partial charge is 0.256 e. The maximum atomic E-state index is 13.1. The van der Waals surface area contributed by atoms with Gasteiger partial charge in [0.25, 0.3) is 5.91 Å². The summed E-state index contributed by atoms with van der Waals surface area (Å²) < 4.78 is 14.3. The number of nitrogens with one attached hydrogen (secondary N) is 1. The Morgan fingerprint density at radius 1 is 1.29 bits per heavy atom. The van der Waals surface area contributed by atoms with Crippen molar-refractivity contribution in [3.8, 4) is 11.5 Å². The molecule has 0 aliphatic carbocycles. The summed E-state index contributed by atoms with van der Waals surface area (Å²) in [5, 5.41) is 19.4. The lowest BCUT2D eigenvalue weighted by molar-refractivity contribution is 0.0665. The maximum absolute atomic E-state index is 13.1. The lowest BCUT2D eigenvalue weighted by Gasteiger charge is -2.24. The van der Waals surface area contributed by atoms with Crippen LogP contribution in [0.3, 0.4) is 0 Å². The summed E-state index contributed by atoms with van der Waals surface area (Å²) in [6.07, 6.45) is -0.266. The number of benzene rings is 2. The van der Waals surface area contributed by atoms with Crippen molar-refractivity contribution in [1.82, 2.24) is 4.90 Å². The molecule has 28 heavy (non-hydrogen) atoms. The fraction of sp³-hybridized carbons (Fsp3) is 0.350. The second-order valence-corrected chi connectivity index (χ2v) is 7.14. The Hall–Kier alpha value is -2.04. The number of anilines is 1. The number of aliphatic hydroxyl groups is 2. The van der Waals surface area contributed by atoms with Gasteiger partial charge in [0.1, 0.15) is 6.61 Å². The van der Waals surface area contributed by atoms with E-state index in [1.165, 1.54) is 12.0 Å². The van der Waals surface area contributed by atoms with Gasteiger partial charge in [-0.2, -0.15) is 0 Å². The molecule has 150 valence electrons. The SMILES string of the molecule is COc1cc(C(=O)N2C[C@H](O)C[C@H]2CO)c(NI)cc1OCc1ccccc1. The minimum Gasteiger partial charge on any atom is -0.493 e. The number of β-amino-alcohol motifs (C(OH)–C–C–N with tert-alkyl or cyclic N) is 1. The van der Waals surface area contributed by atoms with Crippen molar-refractivity contribution in [2.45, 2.75) is 25.2 Å². The number of halogens is 1. The van der Waals surface area contributed by atoms with E-state index < -0.39 is 12.1 Å².